The first-order chi connectivity index (χ1) is 13.5. The van der Waals surface area contributed by atoms with Crippen molar-refractivity contribution in [3.05, 3.63) is 70.4 Å². The summed E-state index contributed by atoms with van der Waals surface area (Å²) in [5.41, 5.74) is 0.192. The average molecular weight is 384 g/mol. The second-order valence-corrected chi connectivity index (χ2v) is 6.06. The van der Waals surface area contributed by atoms with E-state index >= 15 is 0 Å². The zero-order chi connectivity index (χ0) is 19.8. The molecule has 4 rings (SSSR count). The van der Waals surface area contributed by atoms with Gasteiger partial charge in [-0.2, -0.15) is 13.9 Å². The van der Waals surface area contributed by atoms with Crippen molar-refractivity contribution in [2.45, 2.75) is 13.2 Å². The van der Waals surface area contributed by atoms with Crippen molar-refractivity contribution in [3.8, 4) is 0 Å². The van der Waals surface area contributed by atoms with Gasteiger partial charge in [-0.05, 0) is 18.2 Å². The molecule has 0 unspecified atom stereocenters. The number of aromatic nitrogens is 4. The minimum atomic E-state index is -2.84. The fraction of sp³-hybridized carbons (Fsp3) is 0.158. The third-order valence-corrected chi connectivity index (χ3v) is 4.35. The topological polar surface area (TPSA) is 79.0 Å². The van der Waals surface area contributed by atoms with Gasteiger partial charge in [-0.15, -0.1) is 0 Å². The molecular formula is C19H14F2N4O3. The van der Waals surface area contributed by atoms with Gasteiger partial charge in [0.25, 0.3) is 5.56 Å². The molecule has 0 fully saturated rings. The van der Waals surface area contributed by atoms with Crippen molar-refractivity contribution in [2.24, 2.45) is 7.05 Å². The summed E-state index contributed by atoms with van der Waals surface area (Å²) in [6, 6.07) is 12.9. The highest BCUT2D eigenvalue weighted by Gasteiger charge is 2.21. The highest BCUT2D eigenvalue weighted by Crippen LogP contribution is 2.24. The van der Waals surface area contributed by atoms with Gasteiger partial charge in [0.1, 0.15) is 6.61 Å². The summed E-state index contributed by atoms with van der Waals surface area (Å²) < 4.78 is 33.9. The van der Waals surface area contributed by atoms with Crippen LogP contribution in [0.15, 0.2) is 53.3 Å². The predicted octanol–water partition coefficient (Wildman–Crippen LogP) is 3.04. The number of esters is 1. The number of carbonyl (C=O) groups excluding carboxylic acids is 1. The van der Waals surface area contributed by atoms with Gasteiger partial charge < -0.3 is 4.74 Å². The fourth-order valence-corrected chi connectivity index (χ4v) is 3.06. The largest absolute Gasteiger partial charge is 0.453 e. The number of carbonyl (C=O) groups is 1. The number of imidazole rings is 1. The van der Waals surface area contributed by atoms with E-state index in [2.05, 4.69) is 10.1 Å². The van der Waals surface area contributed by atoms with Crippen molar-refractivity contribution in [1.82, 2.24) is 19.3 Å². The molecule has 28 heavy (non-hydrogen) atoms. The molecule has 2 heterocycles. The van der Waals surface area contributed by atoms with Gasteiger partial charge >= 0.3 is 12.5 Å². The Hall–Kier alpha value is -3.62. The van der Waals surface area contributed by atoms with Crippen molar-refractivity contribution < 1.29 is 18.3 Å². The molecule has 9 heteroatoms. The van der Waals surface area contributed by atoms with Gasteiger partial charge in [-0.25, -0.2) is 14.5 Å². The number of fused-ring (bicyclic) bond motifs is 2. The number of rotatable bonds is 4. The number of nitrogens with zero attached hydrogens (tertiary/aromatic N) is 4. The lowest BCUT2D eigenvalue weighted by atomic mass is 10.1. The number of hydrogen-bond donors (Lipinski definition) is 0. The summed E-state index contributed by atoms with van der Waals surface area (Å²) in [5, 5.41) is 4.61. The lowest BCUT2D eigenvalue weighted by Gasteiger charge is -2.10. The Morgan fingerprint density at radius 1 is 1.11 bits per heavy atom. The molecular weight excluding hydrogens is 370 g/mol. The number of aryl methyl sites for hydroxylation is 1. The van der Waals surface area contributed by atoms with Crippen molar-refractivity contribution in [2.75, 3.05) is 0 Å². The first-order valence-corrected chi connectivity index (χ1v) is 8.34. The minimum absolute atomic E-state index is 0.0718. The summed E-state index contributed by atoms with van der Waals surface area (Å²) in [4.78, 5) is 28.8. The third kappa shape index (κ3) is 2.90. The van der Waals surface area contributed by atoms with Gasteiger partial charge in [-0.3, -0.25) is 9.36 Å². The molecule has 0 radical (unpaired) electrons. The highest BCUT2D eigenvalue weighted by molar-refractivity contribution is 6.02. The van der Waals surface area contributed by atoms with Crippen molar-refractivity contribution in [1.29, 1.82) is 0 Å². The zero-order valence-electron chi connectivity index (χ0n) is 14.7. The van der Waals surface area contributed by atoms with E-state index in [0.29, 0.717) is 16.3 Å². The standard InChI is InChI=1S/C19H14F2N4O3/c1-24-17(26)12-7-3-2-6-11(12)16(23-24)18(27)28-10-15-22-13-8-4-5-9-14(13)25(15)19(20)21/h2-9,19H,10H2,1H3. The molecule has 142 valence electrons. The summed E-state index contributed by atoms with van der Waals surface area (Å²) >= 11 is 0. The highest BCUT2D eigenvalue weighted by atomic mass is 19.3. The van der Waals surface area contributed by atoms with E-state index in [4.69, 9.17) is 4.74 Å². The van der Waals surface area contributed by atoms with Gasteiger partial charge in [-0.1, -0.05) is 30.3 Å². The summed E-state index contributed by atoms with van der Waals surface area (Å²) in [5.74, 6) is -0.918. The molecule has 0 spiro atoms. The van der Waals surface area contributed by atoms with Gasteiger partial charge in [0.15, 0.2) is 11.5 Å². The van der Waals surface area contributed by atoms with Crippen molar-refractivity contribution >= 4 is 27.8 Å². The molecule has 2 aromatic carbocycles. The molecule has 0 saturated heterocycles. The average Bonchev–Trinajstić information content (AvgIpc) is 3.07. The zero-order valence-corrected chi connectivity index (χ0v) is 14.7. The molecule has 2 aromatic heterocycles. The number of para-hydroxylation sites is 2. The van der Waals surface area contributed by atoms with Crippen LogP contribution in [0.3, 0.4) is 0 Å². The van der Waals surface area contributed by atoms with Gasteiger partial charge in [0, 0.05) is 12.4 Å². The molecule has 7 nitrogen and oxygen atoms in total. The van der Waals surface area contributed by atoms with Crippen LogP contribution >= 0.6 is 0 Å². The smallest absolute Gasteiger partial charge is 0.359 e. The van der Waals surface area contributed by atoms with E-state index in [1.54, 1.807) is 42.5 Å². The lowest BCUT2D eigenvalue weighted by Crippen LogP contribution is -2.24. The van der Waals surface area contributed by atoms with Crippen LogP contribution in [0.5, 0.6) is 0 Å². The van der Waals surface area contributed by atoms with Crippen LogP contribution in [0, 0.1) is 0 Å². The SMILES string of the molecule is Cn1nc(C(=O)OCc2nc3ccccc3n2C(F)F)c2ccccc2c1=O. The fourth-order valence-electron chi connectivity index (χ4n) is 3.06. The second kappa shape index (κ2) is 6.84. The van der Waals surface area contributed by atoms with Crippen LogP contribution in [-0.4, -0.2) is 25.3 Å². The van der Waals surface area contributed by atoms with Crippen LogP contribution < -0.4 is 5.56 Å². The Kier molecular flexibility index (Phi) is 4.34. The number of hydrogen-bond acceptors (Lipinski definition) is 5. The summed E-state index contributed by atoms with van der Waals surface area (Å²) in [6.07, 6.45) is 0. The molecule has 0 amide bonds. The van der Waals surface area contributed by atoms with E-state index in [0.717, 1.165) is 9.25 Å². The maximum absolute atomic E-state index is 13.5. The normalized spacial score (nSPS) is 11.4. The lowest BCUT2D eigenvalue weighted by molar-refractivity contribution is 0.0382. The van der Waals surface area contributed by atoms with Crippen LogP contribution in [0.1, 0.15) is 22.9 Å². The van der Waals surface area contributed by atoms with Crippen LogP contribution in [0.2, 0.25) is 0 Å². The monoisotopic (exact) mass is 384 g/mol. The Morgan fingerprint density at radius 2 is 1.79 bits per heavy atom. The molecule has 0 aliphatic carbocycles. The Labute approximate surface area is 156 Å². The van der Waals surface area contributed by atoms with E-state index in [1.807, 2.05) is 0 Å². The molecule has 0 aliphatic heterocycles. The Bertz CT molecular complexity index is 1260. The Morgan fingerprint density at radius 3 is 2.54 bits per heavy atom. The van der Waals surface area contributed by atoms with E-state index < -0.39 is 19.1 Å². The van der Waals surface area contributed by atoms with E-state index in [9.17, 15) is 18.4 Å². The maximum atomic E-state index is 13.5. The molecule has 0 N–H and O–H groups in total. The predicted molar refractivity (Wildman–Crippen MR) is 97.1 cm³/mol. The molecule has 0 saturated carbocycles. The third-order valence-electron chi connectivity index (χ3n) is 4.35. The second-order valence-electron chi connectivity index (χ2n) is 6.06. The number of alkyl halides is 2. The number of benzene rings is 2. The first-order valence-electron chi connectivity index (χ1n) is 8.34. The molecule has 0 atom stereocenters. The number of ether oxygens (including phenoxy) is 1. The molecule has 0 aliphatic rings. The summed E-state index contributed by atoms with van der Waals surface area (Å²) in [6.45, 7) is -3.30. The van der Waals surface area contributed by atoms with Crippen LogP contribution in [0.25, 0.3) is 21.8 Å². The van der Waals surface area contributed by atoms with E-state index in [1.165, 1.54) is 13.1 Å². The Balaban J connectivity index is 1.69. The summed E-state index contributed by atoms with van der Waals surface area (Å²) in [7, 11) is 1.42. The molecule has 4 aromatic rings. The van der Waals surface area contributed by atoms with Crippen molar-refractivity contribution in [3.63, 3.8) is 0 Å². The van der Waals surface area contributed by atoms with Gasteiger partial charge in [0.05, 0.1) is 16.4 Å². The molecule has 0 bridgehead atoms. The maximum Gasteiger partial charge on any atom is 0.359 e. The quantitative estimate of drug-likeness (QED) is 0.506. The van der Waals surface area contributed by atoms with E-state index in [-0.39, 0.29) is 22.6 Å². The number of halogens is 2. The van der Waals surface area contributed by atoms with Crippen LogP contribution in [-0.2, 0) is 18.4 Å². The minimum Gasteiger partial charge on any atom is -0.453 e. The van der Waals surface area contributed by atoms with Crippen LogP contribution in [0.4, 0.5) is 8.78 Å². The first kappa shape index (κ1) is 17.8. The van der Waals surface area contributed by atoms with Gasteiger partial charge in [0.2, 0.25) is 0 Å².